The van der Waals surface area contributed by atoms with Crippen molar-refractivity contribution < 1.29 is 51.7 Å². The molecule has 0 saturated carbocycles. The van der Waals surface area contributed by atoms with Crippen LogP contribution in [0.2, 0.25) is 0 Å². The lowest BCUT2D eigenvalue weighted by Crippen LogP contribution is -2.47. The molecule has 9 aromatic rings. The number of ether oxygens (including phenoxy) is 2. The van der Waals surface area contributed by atoms with E-state index in [9.17, 15) is 37.1 Å². The van der Waals surface area contributed by atoms with Crippen LogP contribution in [0.5, 0.6) is 0 Å². The van der Waals surface area contributed by atoms with E-state index in [0.29, 0.717) is 80.3 Å². The summed E-state index contributed by atoms with van der Waals surface area (Å²) in [5.74, 6) is -0.776. The van der Waals surface area contributed by atoms with E-state index in [0.717, 1.165) is 87.8 Å². The Labute approximate surface area is 567 Å². The molecule has 0 aliphatic carbocycles. The Morgan fingerprint density at radius 2 is 0.959 bits per heavy atom. The molecule has 3 aromatic carbocycles. The third-order valence-electron chi connectivity index (χ3n) is 16.0. The number of imidazole rings is 3. The fourth-order valence-corrected chi connectivity index (χ4v) is 11.3. The number of carboxylic acids is 1. The van der Waals surface area contributed by atoms with Gasteiger partial charge in [-0.05, 0) is 184 Å². The molecule has 0 radical (unpaired) electrons. The lowest BCUT2D eigenvalue weighted by Gasteiger charge is -2.32. The molecular weight excluding hydrogens is 1270 g/mol. The lowest BCUT2D eigenvalue weighted by molar-refractivity contribution is 0.0189. The van der Waals surface area contributed by atoms with Crippen LogP contribution in [0.25, 0.3) is 17.3 Å². The average molecular weight is 1360 g/mol. The molecule has 3 N–H and O–H groups in total. The summed E-state index contributed by atoms with van der Waals surface area (Å²) in [6, 6.07) is 24.9. The summed E-state index contributed by atoms with van der Waals surface area (Å²) in [4.78, 5) is 93.9. The number of aromatic nitrogens is 9. The van der Waals surface area contributed by atoms with Crippen molar-refractivity contribution in [3.8, 4) is 0 Å². The first kappa shape index (κ1) is 73.3. The first-order chi connectivity index (χ1) is 46.0. The zero-order chi connectivity index (χ0) is 68.4. The number of likely N-dealkylation sites (tertiary alicyclic amines) is 2. The van der Waals surface area contributed by atoms with Gasteiger partial charge >= 0.3 is 18.2 Å². The van der Waals surface area contributed by atoms with E-state index in [-0.39, 0.29) is 71.6 Å². The maximum Gasteiger partial charge on any atom is 0.410 e. The van der Waals surface area contributed by atoms with E-state index in [2.05, 4.69) is 40.5 Å². The van der Waals surface area contributed by atoms with Crippen LogP contribution in [0.4, 0.5) is 22.8 Å². The lowest BCUT2D eigenvalue weighted by atomic mass is 10.1. The summed E-state index contributed by atoms with van der Waals surface area (Å²) in [7, 11) is 0. The number of carbonyl (C=O) groups is 5. The molecule has 3 atom stereocenters. The van der Waals surface area contributed by atoms with Crippen LogP contribution in [0.1, 0.15) is 128 Å². The predicted octanol–water partition coefficient (Wildman–Crippen LogP) is 10.5. The second kappa shape index (κ2) is 34.4. The molecule has 4 amide bonds. The smallest absolute Gasteiger partial charge is 0.410 e. The van der Waals surface area contributed by atoms with Gasteiger partial charge in [-0.1, -0.05) is 36.4 Å². The normalized spacial score (nSPS) is 15.9. The number of rotatable bonds is 18. The highest BCUT2D eigenvalue weighted by atomic mass is 35.5. The molecule has 27 heteroatoms. The van der Waals surface area contributed by atoms with Crippen LogP contribution in [0.15, 0.2) is 147 Å². The highest BCUT2D eigenvalue weighted by molar-refractivity contribution is 5.93. The summed E-state index contributed by atoms with van der Waals surface area (Å²) in [6.45, 7) is 17.1. The van der Waals surface area contributed by atoms with Crippen LogP contribution in [-0.2, 0) is 28.7 Å². The van der Waals surface area contributed by atoms with E-state index >= 15 is 0 Å². The fraction of sp³-hybridized carbons (Fsp3) is 0.414. The topological polar surface area (TPSA) is 252 Å². The van der Waals surface area contributed by atoms with E-state index in [1.165, 1.54) is 42.6 Å². The van der Waals surface area contributed by atoms with Gasteiger partial charge in [-0.15, -0.1) is 12.4 Å². The minimum absolute atomic E-state index is 0. The van der Waals surface area contributed by atoms with E-state index in [1.54, 1.807) is 121 Å². The number of carbonyl (C=O) groups excluding carboxylic acids is 4. The van der Waals surface area contributed by atoms with Gasteiger partial charge in [-0.3, -0.25) is 22.8 Å². The quantitative estimate of drug-likeness (QED) is 0.0676. The summed E-state index contributed by atoms with van der Waals surface area (Å²) in [5, 5.41) is 15.4. The van der Waals surface area contributed by atoms with Crippen molar-refractivity contribution in [1.29, 1.82) is 0 Å². The van der Waals surface area contributed by atoms with E-state index in [1.807, 2.05) is 57.5 Å². The molecule has 97 heavy (non-hydrogen) atoms. The third kappa shape index (κ3) is 22.0. The molecule has 3 aliphatic rings. The Morgan fingerprint density at radius 3 is 1.37 bits per heavy atom. The first-order valence-corrected chi connectivity index (χ1v) is 32.4. The van der Waals surface area contributed by atoms with Crippen molar-refractivity contribution in [1.82, 2.24) is 73.3 Å². The van der Waals surface area contributed by atoms with Gasteiger partial charge < -0.3 is 44.8 Å². The highest BCUT2D eigenvalue weighted by Crippen LogP contribution is 2.24. The minimum atomic E-state index is -1.04. The zero-order valence-corrected chi connectivity index (χ0v) is 56.3. The van der Waals surface area contributed by atoms with Crippen molar-refractivity contribution in [3.63, 3.8) is 0 Å². The molecule has 23 nitrogen and oxygen atoms in total. The van der Waals surface area contributed by atoms with Gasteiger partial charge in [0, 0.05) is 114 Å². The van der Waals surface area contributed by atoms with Crippen molar-refractivity contribution in [2.24, 2.45) is 0 Å². The second-order valence-corrected chi connectivity index (χ2v) is 25.7. The molecule has 12 rings (SSSR count). The summed E-state index contributed by atoms with van der Waals surface area (Å²) in [6.07, 6.45) is 22.3. The number of fused-ring (bicyclic) bond motifs is 3. The van der Waals surface area contributed by atoms with E-state index < -0.39 is 17.2 Å². The SMILES string of the molecule is CC(C)(C)OC(=O)N1CCC[C@H]1CN(CCc1ccc(F)cc1)C(=O)c1cn2cccnc2n1.CC(C)(C)OC(=O)N1CCC[C@H]1CNCCc1ccc(F)cc1.Cl.O=C(O)c1cn2cccnc2n1.O=C(c1cn2cccnc2n1)N(CCc1ccc(F)cc1)C[C@@H]1CCCN1. The number of hydrogen-bond donors (Lipinski definition) is 3. The number of carboxylic acid groups (broad SMARTS) is 1. The van der Waals surface area contributed by atoms with Gasteiger partial charge in [0.25, 0.3) is 11.8 Å². The van der Waals surface area contributed by atoms with Gasteiger partial charge in [0.15, 0.2) is 5.69 Å². The molecule has 9 heterocycles. The van der Waals surface area contributed by atoms with Crippen LogP contribution < -0.4 is 10.6 Å². The molecule has 3 aliphatic heterocycles. The fourth-order valence-electron chi connectivity index (χ4n) is 11.3. The number of halogens is 4. The zero-order valence-electron chi connectivity index (χ0n) is 55.5. The number of nitrogens with one attached hydrogen (secondary N) is 2. The summed E-state index contributed by atoms with van der Waals surface area (Å²) < 4.78 is 55.3. The standard InChI is InChI=1S/C25H30FN5O3.C20H22FN5O.C18H27FN2O2.C7H5N3O2.ClH/c1-25(2,3)34-24(33)31-14-4-6-20(31)16-29(15-11-18-7-9-19(26)10-8-18)22(32)21-17-30-13-5-12-27-23(30)28-21;21-16-6-4-15(5-7-16)8-12-25(13-17-3-1-9-22-17)19(27)18-14-26-11-2-10-23-20(26)24-18;1-18(2,3)23-17(22)21-12-4-5-16(21)13-20-11-10-14-6-8-15(19)9-7-14;11-6(12)5-4-10-3-1-2-8-7(10)9-5;/h5,7-10,12-13,17,20H,4,6,11,14-16H2,1-3H3;2,4-7,10-11,14,17,22H,1,3,8-9,12-13H2;6-9,16,20H,4-5,10-13H2,1-3H3;1-4H,(H,11,12);1H/t20-;17-;16-;;/m000../s1. The highest BCUT2D eigenvalue weighted by Gasteiger charge is 2.36. The molecular formula is C70H85ClF3N15O8. The summed E-state index contributed by atoms with van der Waals surface area (Å²) >= 11 is 0. The largest absolute Gasteiger partial charge is 0.476 e. The van der Waals surface area contributed by atoms with Crippen molar-refractivity contribution in [3.05, 3.63) is 198 Å². The van der Waals surface area contributed by atoms with Gasteiger partial charge in [0.1, 0.15) is 40.0 Å². The number of nitrogens with zero attached hydrogens (tertiary/aromatic N) is 13. The van der Waals surface area contributed by atoms with Crippen molar-refractivity contribution >= 4 is 59.7 Å². The average Bonchev–Trinajstić information content (AvgIpc) is 1.72. The predicted molar refractivity (Wildman–Crippen MR) is 361 cm³/mol. The van der Waals surface area contributed by atoms with Crippen LogP contribution in [0.3, 0.4) is 0 Å². The molecule has 3 saturated heterocycles. The molecule has 0 spiro atoms. The van der Waals surface area contributed by atoms with E-state index in [4.69, 9.17) is 14.6 Å². The van der Waals surface area contributed by atoms with Gasteiger partial charge in [-0.2, -0.15) is 0 Å². The Morgan fingerprint density at radius 1 is 0.557 bits per heavy atom. The van der Waals surface area contributed by atoms with Gasteiger partial charge in [0.2, 0.25) is 17.3 Å². The molecule has 0 unspecified atom stereocenters. The minimum Gasteiger partial charge on any atom is -0.476 e. The molecule has 516 valence electrons. The Bertz CT molecular complexity index is 3930. The first-order valence-electron chi connectivity index (χ1n) is 32.4. The Balaban J connectivity index is 0.000000173. The van der Waals surface area contributed by atoms with Crippen LogP contribution >= 0.6 is 12.4 Å². The van der Waals surface area contributed by atoms with Crippen LogP contribution in [-0.4, -0.2) is 186 Å². The third-order valence-corrected chi connectivity index (χ3v) is 16.0. The maximum atomic E-state index is 13.5. The van der Waals surface area contributed by atoms with Gasteiger partial charge in [-0.25, -0.2) is 57.5 Å². The maximum absolute atomic E-state index is 13.5. The van der Waals surface area contributed by atoms with Gasteiger partial charge in [0.05, 0.1) is 6.04 Å². The molecule has 3 fully saturated rings. The molecule has 6 aromatic heterocycles. The number of hydrogen-bond acceptors (Lipinski definition) is 15. The second-order valence-electron chi connectivity index (χ2n) is 25.7. The van der Waals surface area contributed by atoms with Crippen molar-refractivity contribution in [2.75, 3.05) is 58.9 Å². The number of benzene rings is 3. The Kier molecular flexibility index (Phi) is 26.0. The van der Waals surface area contributed by atoms with Crippen molar-refractivity contribution in [2.45, 2.75) is 129 Å². The van der Waals surface area contributed by atoms with Crippen LogP contribution in [0, 0.1) is 17.5 Å². The number of aromatic carboxylic acids is 1. The summed E-state index contributed by atoms with van der Waals surface area (Å²) in [5.41, 5.74) is 2.68. The monoisotopic (exact) mass is 1360 g/mol. The number of amides is 4. The Hall–Kier alpha value is -9.53. The molecule has 0 bridgehead atoms.